The molecule has 1 aromatic heterocycles. The topological polar surface area (TPSA) is 88.7 Å². The molecular weight excluding hydrogens is 226 g/mol. The van der Waals surface area contributed by atoms with Crippen molar-refractivity contribution in [2.24, 2.45) is 0 Å². The monoisotopic (exact) mass is 241 g/mol. The number of hydrogen-bond acceptors (Lipinski definition) is 6. The van der Waals surface area contributed by atoms with E-state index in [0.717, 1.165) is 11.4 Å². The van der Waals surface area contributed by atoms with Gasteiger partial charge in [-0.15, -0.1) is 0 Å². The fourth-order valence-corrected chi connectivity index (χ4v) is 1.94. The quantitative estimate of drug-likeness (QED) is 0.779. The highest BCUT2D eigenvalue weighted by Gasteiger charge is 2.40. The molecule has 0 spiro atoms. The molecule has 0 unspecified atom stereocenters. The fraction of sp³-hybridized carbons (Fsp3) is 0.700. The second kappa shape index (κ2) is 4.42. The summed E-state index contributed by atoms with van der Waals surface area (Å²) in [6.45, 7) is 5.52. The number of aromatic nitrogens is 2. The molecule has 1 aliphatic heterocycles. The number of carbonyl (C=O) groups is 1. The van der Waals surface area contributed by atoms with E-state index in [1.807, 2.05) is 13.8 Å². The predicted octanol–water partition coefficient (Wildman–Crippen LogP) is 0.0535. The van der Waals surface area contributed by atoms with Crippen LogP contribution in [0.5, 0.6) is 0 Å². The number of aliphatic carboxylic acids is 1. The third-order valence-corrected chi connectivity index (χ3v) is 2.78. The van der Waals surface area contributed by atoms with E-state index in [4.69, 9.17) is 9.84 Å². The minimum atomic E-state index is -0.943. The number of aryl methyl sites for hydroxylation is 1. The van der Waals surface area contributed by atoms with E-state index >= 15 is 0 Å². The average Bonchev–Trinajstić information content (AvgIpc) is 2.59. The first-order valence-electron chi connectivity index (χ1n) is 5.35. The third kappa shape index (κ3) is 2.80. The van der Waals surface area contributed by atoms with E-state index in [-0.39, 0.29) is 12.2 Å². The number of ether oxygens (including phenoxy) is 1. The lowest BCUT2D eigenvalue weighted by atomic mass is 9.96. The van der Waals surface area contributed by atoms with Crippen molar-refractivity contribution in [1.29, 1.82) is 0 Å². The van der Waals surface area contributed by atoms with Crippen LogP contribution in [-0.4, -0.2) is 51.6 Å². The molecule has 0 saturated carbocycles. The summed E-state index contributed by atoms with van der Waals surface area (Å²) in [6.07, 6.45) is 0. The van der Waals surface area contributed by atoms with Crippen LogP contribution in [0.3, 0.4) is 0 Å². The van der Waals surface area contributed by atoms with Crippen LogP contribution in [0.15, 0.2) is 4.63 Å². The first-order valence-corrected chi connectivity index (χ1v) is 5.35. The molecular formula is C10H15N3O4. The highest BCUT2D eigenvalue weighted by Crippen LogP contribution is 2.26. The Balaban J connectivity index is 1.78. The van der Waals surface area contributed by atoms with Gasteiger partial charge in [-0.05, 0) is 13.8 Å². The average molecular weight is 241 g/mol. The van der Waals surface area contributed by atoms with Gasteiger partial charge in [-0.3, -0.25) is 4.90 Å². The van der Waals surface area contributed by atoms with E-state index in [1.54, 1.807) is 0 Å². The van der Waals surface area contributed by atoms with Crippen molar-refractivity contribution < 1.29 is 19.3 Å². The Morgan fingerprint density at radius 3 is 2.82 bits per heavy atom. The van der Waals surface area contributed by atoms with Crippen molar-refractivity contribution in [1.82, 2.24) is 15.2 Å². The van der Waals surface area contributed by atoms with Gasteiger partial charge in [0.25, 0.3) is 0 Å². The number of carboxylic acids is 1. The number of carboxylic acid groups (broad SMARTS) is 1. The SMILES string of the molecule is Cc1nonc1CN1CC(C)(OCC(=O)O)C1. The molecule has 2 heterocycles. The summed E-state index contributed by atoms with van der Waals surface area (Å²) >= 11 is 0. The lowest BCUT2D eigenvalue weighted by molar-refractivity contribution is -0.165. The van der Waals surface area contributed by atoms with Gasteiger partial charge in [-0.25, -0.2) is 9.42 Å². The second-order valence-electron chi connectivity index (χ2n) is 4.57. The first-order chi connectivity index (χ1) is 7.98. The molecule has 7 heteroatoms. The maximum Gasteiger partial charge on any atom is 0.329 e. The van der Waals surface area contributed by atoms with Crippen LogP contribution < -0.4 is 0 Å². The van der Waals surface area contributed by atoms with Gasteiger partial charge in [-0.2, -0.15) is 0 Å². The molecule has 7 nitrogen and oxygen atoms in total. The van der Waals surface area contributed by atoms with Gasteiger partial charge in [0.2, 0.25) is 0 Å². The van der Waals surface area contributed by atoms with Gasteiger partial charge in [0.15, 0.2) is 0 Å². The Morgan fingerprint density at radius 1 is 1.59 bits per heavy atom. The molecule has 1 fully saturated rings. The van der Waals surface area contributed by atoms with Crippen molar-refractivity contribution in [3.63, 3.8) is 0 Å². The lowest BCUT2D eigenvalue weighted by Crippen LogP contribution is -2.61. The first kappa shape index (κ1) is 12.0. The van der Waals surface area contributed by atoms with Crippen LogP contribution in [0.4, 0.5) is 0 Å². The smallest absolute Gasteiger partial charge is 0.329 e. The summed E-state index contributed by atoms with van der Waals surface area (Å²) in [6, 6.07) is 0. The molecule has 17 heavy (non-hydrogen) atoms. The van der Waals surface area contributed by atoms with Crippen molar-refractivity contribution in [2.45, 2.75) is 26.0 Å². The number of rotatable bonds is 5. The summed E-state index contributed by atoms with van der Waals surface area (Å²) in [5.41, 5.74) is 1.22. The Bertz CT molecular complexity index is 411. The molecule has 0 aliphatic carbocycles. The summed E-state index contributed by atoms with van der Waals surface area (Å²) < 4.78 is 9.92. The van der Waals surface area contributed by atoms with E-state index in [9.17, 15) is 4.79 Å². The Labute approximate surface area is 98.3 Å². The van der Waals surface area contributed by atoms with E-state index < -0.39 is 5.97 Å². The number of likely N-dealkylation sites (tertiary alicyclic amines) is 1. The van der Waals surface area contributed by atoms with Gasteiger partial charge in [0, 0.05) is 19.6 Å². The zero-order valence-corrected chi connectivity index (χ0v) is 9.84. The van der Waals surface area contributed by atoms with E-state index in [0.29, 0.717) is 19.6 Å². The Hall–Kier alpha value is -1.47. The Kier molecular flexibility index (Phi) is 3.12. The van der Waals surface area contributed by atoms with Crippen molar-refractivity contribution in [3.8, 4) is 0 Å². The van der Waals surface area contributed by atoms with Gasteiger partial charge >= 0.3 is 5.97 Å². The van der Waals surface area contributed by atoms with Crippen LogP contribution in [0.25, 0.3) is 0 Å². The van der Waals surface area contributed by atoms with Gasteiger partial charge < -0.3 is 9.84 Å². The highest BCUT2D eigenvalue weighted by molar-refractivity contribution is 5.68. The van der Waals surface area contributed by atoms with Crippen molar-refractivity contribution in [3.05, 3.63) is 11.4 Å². The maximum absolute atomic E-state index is 10.4. The molecule has 94 valence electrons. The molecule has 1 aliphatic rings. The second-order valence-corrected chi connectivity index (χ2v) is 4.57. The maximum atomic E-state index is 10.4. The molecule has 1 N–H and O–H groups in total. The standard InChI is InChI=1S/C10H15N3O4/c1-7-8(12-17-11-7)3-13-5-10(2,6-13)16-4-9(14)15/h3-6H2,1-2H3,(H,14,15). The molecule has 0 amide bonds. The molecule has 0 atom stereocenters. The van der Waals surface area contributed by atoms with Crippen LogP contribution in [0.2, 0.25) is 0 Å². The molecule has 0 radical (unpaired) electrons. The molecule has 1 aromatic rings. The fourth-order valence-electron chi connectivity index (χ4n) is 1.94. The minimum absolute atomic E-state index is 0.255. The van der Waals surface area contributed by atoms with Crippen molar-refractivity contribution in [2.75, 3.05) is 19.7 Å². The van der Waals surface area contributed by atoms with E-state index in [2.05, 4.69) is 19.8 Å². The summed E-state index contributed by atoms with van der Waals surface area (Å²) in [7, 11) is 0. The summed E-state index contributed by atoms with van der Waals surface area (Å²) in [5.74, 6) is -0.943. The normalized spacial score (nSPS) is 18.9. The summed E-state index contributed by atoms with van der Waals surface area (Å²) in [5, 5.41) is 16.0. The molecule has 2 rings (SSSR count). The molecule has 1 saturated heterocycles. The Morgan fingerprint density at radius 2 is 2.29 bits per heavy atom. The molecule has 0 bridgehead atoms. The highest BCUT2D eigenvalue weighted by atomic mass is 16.6. The lowest BCUT2D eigenvalue weighted by Gasteiger charge is -2.47. The largest absolute Gasteiger partial charge is 0.480 e. The zero-order chi connectivity index (χ0) is 12.5. The van der Waals surface area contributed by atoms with Crippen molar-refractivity contribution >= 4 is 5.97 Å². The molecule has 0 aromatic carbocycles. The van der Waals surface area contributed by atoms with Crippen LogP contribution in [-0.2, 0) is 16.1 Å². The van der Waals surface area contributed by atoms with Crippen LogP contribution in [0.1, 0.15) is 18.3 Å². The predicted molar refractivity (Wildman–Crippen MR) is 56.3 cm³/mol. The van der Waals surface area contributed by atoms with Crippen LogP contribution >= 0.6 is 0 Å². The number of hydrogen-bond donors (Lipinski definition) is 1. The van der Waals surface area contributed by atoms with E-state index in [1.165, 1.54) is 0 Å². The van der Waals surface area contributed by atoms with Crippen LogP contribution in [0, 0.1) is 6.92 Å². The third-order valence-electron chi connectivity index (χ3n) is 2.78. The minimum Gasteiger partial charge on any atom is -0.480 e. The summed E-state index contributed by atoms with van der Waals surface area (Å²) in [4.78, 5) is 12.5. The van der Waals surface area contributed by atoms with Gasteiger partial charge in [0.05, 0.1) is 5.60 Å². The van der Waals surface area contributed by atoms with Gasteiger partial charge in [-0.1, -0.05) is 10.3 Å². The zero-order valence-electron chi connectivity index (χ0n) is 9.84. The number of nitrogens with zero attached hydrogens (tertiary/aromatic N) is 3. The van der Waals surface area contributed by atoms with Gasteiger partial charge in [0.1, 0.15) is 18.0 Å².